The fraction of sp³-hybridized carbons (Fsp3) is 0.188. The molecule has 1 N–H and O–H groups in total. The van der Waals surface area contributed by atoms with E-state index in [0.717, 1.165) is 5.69 Å². The molecule has 25 heavy (non-hydrogen) atoms. The summed E-state index contributed by atoms with van der Waals surface area (Å²) in [5.74, 6) is -0.399. The van der Waals surface area contributed by atoms with Crippen LogP contribution in [0.1, 0.15) is 21.7 Å². The first-order valence-corrected chi connectivity index (χ1v) is 8.33. The predicted octanol–water partition coefficient (Wildman–Crippen LogP) is 1.95. The Hall–Kier alpha value is -3.07. The van der Waals surface area contributed by atoms with E-state index < -0.39 is 10.8 Å². The Bertz CT molecular complexity index is 1020. The first-order chi connectivity index (χ1) is 12.0. The van der Waals surface area contributed by atoms with Gasteiger partial charge in [0.2, 0.25) is 0 Å². The maximum atomic E-state index is 12.1. The van der Waals surface area contributed by atoms with Crippen molar-refractivity contribution in [3.63, 3.8) is 0 Å². The van der Waals surface area contributed by atoms with Crippen LogP contribution in [0.25, 0.3) is 4.96 Å². The number of hydrogen-bond acceptors (Lipinski definition) is 6. The molecular formula is C16H14N4O4S. The summed E-state index contributed by atoms with van der Waals surface area (Å²) in [5, 5.41) is 15.3. The van der Waals surface area contributed by atoms with Gasteiger partial charge in [0.05, 0.1) is 4.92 Å². The summed E-state index contributed by atoms with van der Waals surface area (Å²) in [6.07, 6.45) is 0.450. The molecule has 0 unspecified atom stereocenters. The van der Waals surface area contributed by atoms with E-state index >= 15 is 0 Å². The van der Waals surface area contributed by atoms with Crippen molar-refractivity contribution in [2.45, 2.75) is 13.3 Å². The molecule has 1 aromatic carbocycles. The minimum absolute atomic E-state index is 0.135. The summed E-state index contributed by atoms with van der Waals surface area (Å²) in [6, 6.07) is 7.00. The monoisotopic (exact) mass is 358 g/mol. The second-order valence-corrected chi connectivity index (χ2v) is 6.23. The van der Waals surface area contributed by atoms with Crippen molar-refractivity contribution in [3.05, 3.63) is 73.1 Å². The molecule has 0 aliphatic carbocycles. The number of amides is 1. The van der Waals surface area contributed by atoms with Crippen LogP contribution < -0.4 is 10.9 Å². The number of nitro groups is 1. The molecule has 0 spiro atoms. The maximum Gasteiger partial charge on any atom is 0.270 e. The number of nitrogens with one attached hydrogen (secondary N) is 1. The molecule has 0 saturated carbocycles. The fourth-order valence-electron chi connectivity index (χ4n) is 2.43. The Balaban J connectivity index is 1.69. The van der Waals surface area contributed by atoms with Crippen LogP contribution in [0, 0.1) is 17.0 Å². The van der Waals surface area contributed by atoms with Gasteiger partial charge in [-0.1, -0.05) is 6.07 Å². The minimum Gasteiger partial charge on any atom is -0.352 e. The van der Waals surface area contributed by atoms with Crippen LogP contribution in [0.15, 0.2) is 40.5 Å². The number of rotatable bonds is 5. The molecule has 0 aliphatic heterocycles. The smallest absolute Gasteiger partial charge is 0.270 e. The van der Waals surface area contributed by atoms with Crippen LogP contribution in [0.2, 0.25) is 0 Å². The summed E-state index contributed by atoms with van der Waals surface area (Å²) in [7, 11) is 0. The first-order valence-electron chi connectivity index (χ1n) is 7.45. The molecule has 9 heteroatoms. The van der Waals surface area contributed by atoms with Crippen LogP contribution in [0.5, 0.6) is 0 Å². The molecule has 128 valence electrons. The zero-order valence-electron chi connectivity index (χ0n) is 13.3. The molecule has 3 aromatic rings. The van der Waals surface area contributed by atoms with E-state index in [0.29, 0.717) is 23.6 Å². The van der Waals surface area contributed by atoms with E-state index in [9.17, 15) is 19.7 Å². The topological polar surface area (TPSA) is 107 Å². The largest absolute Gasteiger partial charge is 0.352 e. The van der Waals surface area contributed by atoms with Gasteiger partial charge in [-0.15, -0.1) is 11.3 Å². The predicted molar refractivity (Wildman–Crippen MR) is 93.2 cm³/mol. The molecule has 8 nitrogen and oxygen atoms in total. The second kappa shape index (κ2) is 6.81. The van der Waals surface area contributed by atoms with Gasteiger partial charge in [0.15, 0.2) is 4.96 Å². The lowest BCUT2D eigenvalue weighted by atomic mass is 10.2. The van der Waals surface area contributed by atoms with Gasteiger partial charge in [-0.2, -0.15) is 0 Å². The summed E-state index contributed by atoms with van der Waals surface area (Å²) >= 11 is 1.37. The van der Waals surface area contributed by atoms with E-state index in [-0.39, 0.29) is 16.8 Å². The third kappa shape index (κ3) is 3.56. The fourth-order valence-corrected chi connectivity index (χ4v) is 3.40. The molecule has 0 saturated heterocycles. The normalized spacial score (nSPS) is 10.8. The van der Waals surface area contributed by atoms with Gasteiger partial charge < -0.3 is 5.32 Å². The van der Waals surface area contributed by atoms with Gasteiger partial charge in [-0.3, -0.25) is 24.1 Å². The number of carbonyl (C=O) groups is 1. The standard InChI is InChI=1S/C16H14N4O4S/c1-10-7-14(21)19-13(9-25-16(19)18-10)5-6-17-15(22)11-3-2-4-12(8-11)20(23)24/h2-4,7-9H,5-6H2,1H3,(H,17,22). The number of benzene rings is 1. The number of carbonyl (C=O) groups excluding carboxylic acids is 1. The van der Waals surface area contributed by atoms with Crippen molar-refractivity contribution in [2.75, 3.05) is 6.54 Å². The van der Waals surface area contributed by atoms with E-state index in [2.05, 4.69) is 10.3 Å². The molecule has 3 rings (SSSR count). The van der Waals surface area contributed by atoms with Crippen molar-refractivity contribution in [1.82, 2.24) is 14.7 Å². The maximum absolute atomic E-state index is 12.1. The number of aryl methyl sites for hydroxylation is 1. The number of nitrogens with zero attached hydrogens (tertiary/aromatic N) is 3. The highest BCUT2D eigenvalue weighted by molar-refractivity contribution is 7.15. The SMILES string of the molecule is Cc1cc(=O)n2c(CCNC(=O)c3cccc([N+](=O)[O-])c3)csc2n1. The molecule has 0 atom stereocenters. The molecule has 0 bridgehead atoms. The molecule has 2 aromatic heterocycles. The first kappa shape index (κ1) is 16.8. The van der Waals surface area contributed by atoms with Crippen molar-refractivity contribution in [1.29, 1.82) is 0 Å². The van der Waals surface area contributed by atoms with E-state index in [1.165, 1.54) is 46.1 Å². The highest BCUT2D eigenvalue weighted by Gasteiger charge is 2.12. The molecular weight excluding hydrogens is 344 g/mol. The summed E-state index contributed by atoms with van der Waals surface area (Å²) < 4.78 is 1.52. The highest BCUT2D eigenvalue weighted by atomic mass is 32.1. The van der Waals surface area contributed by atoms with Crippen molar-refractivity contribution in [2.24, 2.45) is 0 Å². The van der Waals surface area contributed by atoms with Crippen molar-refractivity contribution >= 4 is 27.9 Å². The number of nitro benzene ring substituents is 1. The van der Waals surface area contributed by atoms with E-state index in [4.69, 9.17) is 0 Å². The number of fused-ring (bicyclic) bond motifs is 1. The Labute approximate surface area is 145 Å². The quantitative estimate of drug-likeness (QED) is 0.554. The zero-order valence-corrected chi connectivity index (χ0v) is 14.1. The van der Waals surface area contributed by atoms with Gasteiger partial charge in [0.1, 0.15) is 0 Å². The molecule has 1 amide bonds. The zero-order chi connectivity index (χ0) is 18.0. The molecule has 0 aliphatic rings. The summed E-state index contributed by atoms with van der Waals surface area (Å²) in [5.41, 5.74) is 1.36. The van der Waals surface area contributed by atoms with Gasteiger partial charge in [0.25, 0.3) is 17.2 Å². The number of hydrogen-bond donors (Lipinski definition) is 1. The molecule has 0 fully saturated rings. The average Bonchev–Trinajstić information content (AvgIpc) is 2.98. The summed E-state index contributed by atoms with van der Waals surface area (Å²) in [6.45, 7) is 2.06. The highest BCUT2D eigenvalue weighted by Crippen LogP contribution is 2.14. The van der Waals surface area contributed by atoms with Gasteiger partial charge in [0, 0.05) is 53.5 Å². The van der Waals surface area contributed by atoms with Crippen LogP contribution in [0.3, 0.4) is 0 Å². The number of thiazole rings is 1. The summed E-state index contributed by atoms with van der Waals surface area (Å²) in [4.78, 5) is 39.3. The van der Waals surface area contributed by atoms with Crippen LogP contribution in [0.4, 0.5) is 5.69 Å². The van der Waals surface area contributed by atoms with E-state index in [1.54, 1.807) is 6.92 Å². The minimum atomic E-state index is -0.546. The molecule has 2 heterocycles. The van der Waals surface area contributed by atoms with Crippen LogP contribution in [-0.4, -0.2) is 26.8 Å². The van der Waals surface area contributed by atoms with Crippen LogP contribution >= 0.6 is 11.3 Å². The second-order valence-electron chi connectivity index (χ2n) is 5.39. The van der Waals surface area contributed by atoms with Crippen molar-refractivity contribution in [3.8, 4) is 0 Å². The van der Waals surface area contributed by atoms with Crippen molar-refractivity contribution < 1.29 is 9.72 Å². The lowest BCUT2D eigenvalue weighted by Crippen LogP contribution is -2.26. The van der Waals surface area contributed by atoms with Gasteiger partial charge >= 0.3 is 0 Å². The average molecular weight is 358 g/mol. The van der Waals surface area contributed by atoms with Gasteiger partial charge in [-0.25, -0.2) is 4.98 Å². The lowest BCUT2D eigenvalue weighted by Gasteiger charge is -2.05. The molecule has 0 radical (unpaired) electrons. The Morgan fingerprint density at radius 2 is 2.20 bits per heavy atom. The number of non-ortho nitro benzene ring substituents is 1. The van der Waals surface area contributed by atoms with Gasteiger partial charge in [-0.05, 0) is 13.0 Å². The lowest BCUT2D eigenvalue weighted by molar-refractivity contribution is -0.384. The van der Waals surface area contributed by atoms with Crippen LogP contribution in [-0.2, 0) is 6.42 Å². The Morgan fingerprint density at radius 3 is 2.96 bits per heavy atom. The third-order valence-corrected chi connectivity index (χ3v) is 4.46. The van der Waals surface area contributed by atoms with E-state index in [1.807, 2.05) is 5.38 Å². The Morgan fingerprint density at radius 1 is 1.40 bits per heavy atom. The Kier molecular flexibility index (Phi) is 4.57. The third-order valence-electron chi connectivity index (χ3n) is 3.59. The number of aromatic nitrogens is 2.